The van der Waals surface area contributed by atoms with Gasteiger partial charge in [0.1, 0.15) is 11.5 Å². The van der Waals surface area contributed by atoms with Gasteiger partial charge in [0.05, 0.1) is 12.7 Å². The minimum absolute atomic E-state index is 0.0349. The van der Waals surface area contributed by atoms with E-state index in [1.54, 1.807) is 4.90 Å². The van der Waals surface area contributed by atoms with Crippen molar-refractivity contribution >= 4 is 11.7 Å². The van der Waals surface area contributed by atoms with Crippen LogP contribution in [0.2, 0.25) is 0 Å². The average Bonchev–Trinajstić information content (AvgIpc) is 2.98. The predicted octanol–water partition coefficient (Wildman–Crippen LogP) is 1.35. The molecule has 1 aromatic heterocycles. The predicted molar refractivity (Wildman–Crippen MR) is 70.9 cm³/mol. The van der Waals surface area contributed by atoms with E-state index in [4.69, 9.17) is 10.9 Å². The number of nitrogens with two attached hydrogens (primary N) is 1. The summed E-state index contributed by atoms with van der Waals surface area (Å²) in [4.78, 5) is 17.8. The number of nitrogens with zero attached hydrogens (tertiary/aromatic N) is 3. The van der Waals surface area contributed by atoms with Gasteiger partial charge in [0.2, 0.25) is 0 Å². The smallest absolute Gasteiger partial charge is 0.273 e. The Labute approximate surface area is 116 Å². The van der Waals surface area contributed by atoms with Crippen molar-refractivity contribution in [3.8, 4) is 0 Å². The maximum Gasteiger partial charge on any atom is 0.273 e. The molecule has 2 rings (SSSR count). The molecular weight excluding hydrogens is 263 g/mol. The van der Waals surface area contributed by atoms with Crippen LogP contribution in [0.25, 0.3) is 0 Å². The Hall–Kier alpha value is -2.18. The Kier molecular flexibility index (Phi) is 4.49. The van der Waals surface area contributed by atoms with E-state index in [0.29, 0.717) is 0 Å². The number of rotatable bonds is 4. The summed E-state index contributed by atoms with van der Waals surface area (Å²) in [5.74, 6) is -0.860. The average molecular weight is 280 g/mol. The highest BCUT2D eigenvalue weighted by atomic mass is 19.1. The van der Waals surface area contributed by atoms with Crippen LogP contribution in [0.3, 0.4) is 0 Å². The first-order valence-electron chi connectivity index (χ1n) is 6.50. The summed E-state index contributed by atoms with van der Waals surface area (Å²) in [5, 5.41) is 11.6. The van der Waals surface area contributed by atoms with E-state index >= 15 is 0 Å². The quantitative estimate of drug-likeness (QED) is 0.377. The summed E-state index contributed by atoms with van der Waals surface area (Å²) < 4.78 is 12.9. The van der Waals surface area contributed by atoms with Gasteiger partial charge < -0.3 is 15.8 Å². The Bertz CT molecular complexity index is 498. The topological polar surface area (TPSA) is 91.8 Å². The van der Waals surface area contributed by atoms with Gasteiger partial charge in [0, 0.05) is 6.04 Å². The molecule has 0 aromatic carbocycles. The lowest BCUT2D eigenvalue weighted by Gasteiger charge is -2.28. The van der Waals surface area contributed by atoms with Crippen LogP contribution < -0.4 is 5.73 Å². The van der Waals surface area contributed by atoms with Gasteiger partial charge in [-0.15, -0.1) is 0 Å². The molecule has 1 amide bonds. The third-order valence-corrected chi connectivity index (χ3v) is 3.43. The molecule has 6 nitrogen and oxygen atoms in total. The SMILES string of the molecule is N/C(CN(C(=O)c1ccc(F)cn1)C1CCCC1)=N/O. The van der Waals surface area contributed by atoms with Gasteiger partial charge in [0.15, 0.2) is 5.84 Å². The van der Waals surface area contributed by atoms with Gasteiger partial charge in [-0.05, 0) is 25.0 Å². The maximum atomic E-state index is 12.9. The summed E-state index contributed by atoms with van der Waals surface area (Å²) >= 11 is 0. The zero-order valence-corrected chi connectivity index (χ0v) is 11.0. The molecule has 1 aliphatic carbocycles. The van der Waals surface area contributed by atoms with Crippen molar-refractivity contribution in [2.24, 2.45) is 10.9 Å². The minimum Gasteiger partial charge on any atom is -0.409 e. The molecule has 0 unspecified atom stereocenters. The van der Waals surface area contributed by atoms with E-state index < -0.39 is 5.82 Å². The number of amides is 1. The lowest BCUT2D eigenvalue weighted by Crippen LogP contribution is -2.44. The highest BCUT2D eigenvalue weighted by Crippen LogP contribution is 2.24. The summed E-state index contributed by atoms with van der Waals surface area (Å²) in [5.41, 5.74) is 5.66. The number of hydrogen-bond donors (Lipinski definition) is 2. The van der Waals surface area contributed by atoms with Crippen LogP contribution in [0.1, 0.15) is 36.2 Å². The fraction of sp³-hybridized carbons (Fsp3) is 0.462. The van der Waals surface area contributed by atoms with Crippen LogP contribution in [0.15, 0.2) is 23.5 Å². The van der Waals surface area contributed by atoms with Crippen LogP contribution in [-0.2, 0) is 0 Å². The number of hydrogen-bond acceptors (Lipinski definition) is 4. The summed E-state index contributed by atoms with van der Waals surface area (Å²) in [6, 6.07) is 2.58. The fourth-order valence-corrected chi connectivity index (χ4v) is 2.44. The molecule has 1 aromatic rings. The Morgan fingerprint density at radius 2 is 2.20 bits per heavy atom. The highest BCUT2D eigenvalue weighted by molar-refractivity contribution is 5.95. The first-order chi connectivity index (χ1) is 9.61. The van der Waals surface area contributed by atoms with Crippen LogP contribution in [0.5, 0.6) is 0 Å². The number of pyridine rings is 1. The summed E-state index contributed by atoms with van der Waals surface area (Å²) in [7, 11) is 0. The Morgan fingerprint density at radius 1 is 1.50 bits per heavy atom. The zero-order chi connectivity index (χ0) is 14.5. The number of carbonyl (C=O) groups excluding carboxylic acids is 1. The largest absolute Gasteiger partial charge is 0.409 e. The van der Waals surface area contributed by atoms with E-state index in [1.807, 2.05) is 0 Å². The molecular formula is C13H17FN4O2. The van der Waals surface area contributed by atoms with Crippen molar-refractivity contribution in [2.75, 3.05) is 6.54 Å². The molecule has 1 saturated carbocycles. The second-order valence-corrected chi connectivity index (χ2v) is 4.82. The molecule has 1 aliphatic rings. The van der Waals surface area contributed by atoms with E-state index in [-0.39, 0.29) is 30.0 Å². The second-order valence-electron chi connectivity index (χ2n) is 4.82. The van der Waals surface area contributed by atoms with Gasteiger partial charge in [-0.2, -0.15) is 0 Å². The third kappa shape index (κ3) is 3.23. The molecule has 0 radical (unpaired) electrons. The van der Waals surface area contributed by atoms with Crippen LogP contribution in [0, 0.1) is 5.82 Å². The maximum absolute atomic E-state index is 12.9. The van der Waals surface area contributed by atoms with E-state index in [9.17, 15) is 9.18 Å². The number of carbonyl (C=O) groups is 1. The zero-order valence-electron chi connectivity index (χ0n) is 11.0. The molecule has 20 heavy (non-hydrogen) atoms. The first-order valence-corrected chi connectivity index (χ1v) is 6.50. The molecule has 1 heterocycles. The molecule has 3 N–H and O–H groups in total. The van der Waals surface area contributed by atoms with E-state index in [2.05, 4.69) is 10.1 Å². The molecule has 0 spiro atoms. The lowest BCUT2D eigenvalue weighted by molar-refractivity contribution is 0.0706. The summed E-state index contributed by atoms with van der Waals surface area (Å²) in [6.45, 7) is 0.0407. The molecule has 0 bridgehead atoms. The van der Waals surface area contributed by atoms with Crippen molar-refractivity contribution in [3.05, 3.63) is 29.8 Å². The lowest BCUT2D eigenvalue weighted by atomic mass is 10.2. The fourth-order valence-electron chi connectivity index (χ4n) is 2.44. The molecule has 0 saturated heterocycles. The van der Waals surface area contributed by atoms with Crippen LogP contribution >= 0.6 is 0 Å². The molecule has 0 aliphatic heterocycles. The molecule has 0 atom stereocenters. The number of halogens is 1. The highest BCUT2D eigenvalue weighted by Gasteiger charge is 2.28. The van der Waals surface area contributed by atoms with E-state index in [1.165, 1.54) is 12.1 Å². The van der Waals surface area contributed by atoms with Crippen LogP contribution in [0.4, 0.5) is 4.39 Å². The Balaban J connectivity index is 2.20. The van der Waals surface area contributed by atoms with Gasteiger partial charge in [-0.25, -0.2) is 9.37 Å². The normalized spacial score (nSPS) is 16.4. The minimum atomic E-state index is -0.495. The number of oxime groups is 1. The van der Waals surface area contributed by atoms with Gasteiger partial charge >= 0.3 is 0 Å². The molecule has 7 heteroatoms. The van der Waals surface area contributed by atoms with E-state index in [0.717, 1.165) is 31.9 Å². The van der Waals surface area contributed by atoms with Gasteiger partial charge in [-0.3, -0.25) is 4.79 Å². The standard InChI is InChI=1S/C13H17FN4O2/c14-9-5-6-11(16-7-9)13(19)18(8-12(15)17-20)10-3-1-2-4-10/h5-7,10,20H,1-4,8H2,(H2,15,17). The summed E-state index contributed by atoms with van der Waals surface area (Å²) in [6.07, 6.45) is 4.85. The van der Waals surface area contributed by atoms with Crippen molar-refractivity contribution in [2.45, 2.75) is 31.7 Å². The van der Waals surface area contributed by atoms with Gasteiger partial charge in [-0.1, -0.05) is 18.0 Å². The Morgan fingerprint density at radius 3 is 2.75 bits per heavy atom. The van der Waals surface area contributed by atoms with Crippen molar-refractivity contribution in [1.29, 1.82) is 0 Å². The van der Waals surface area contributed by atoms with Crippen molar-refractivity contribution in [3.63, 3.8) is 0 Å². The monoisotopic (exact) mass is 280 g/mol. The van der Waals surface area contributed by atoms with Gasteiger partial charge in [0.25, 0.3) is 5.91 Å². The molecule has 108 valence electrons. The second kappa shape index (κ2) is 6.31. The van der Waals surface area contributed by atoms with Crippen molar-refractivity contribution < 1.29 is 14.4 Å². The molecule has 1 fully saturated rings. The number of aromatic nitrogens is 1. The third-order valence-electron chi connectivity index (χ3n) is 3.43. The van der Waals surface area contributed by atoms with Crippen molar-refractivity contribution in [1.82, 2.24) is 9.88 Å². The number of amidine groups is 1. The first kappa shape index (κ1) is 14.2. The van der Waals surface area contributed by atoms with Crippen LogP contribution in [-0.4, -0.2) is 39.4 Å².